The Labute approximate surface area is 124 Å². The summed E-state index contributed by atoms with van der Waals surface area (Å²) in [5.74, 6) is 1.69. The van der Waals surface area contributed by atoms with Crippen LogP contribution in [0.4, 0.5) is 17.5 Å². The molecule has 0 saturated carbocycles. The largest absolute Gasteiger partial charge is 0.355 e. The van der Waals surface area contributed by atoms with Crippen LogP contribution in [0.15, 0.2) is 30.5 Å². The fraction of sp³-hybridized carbons (Fsp3) is 0.438. The van der Waals surface area contributed by atoms with E-state index in [0.717, 1.165) is 44.2 Å². The summed E-state index contributed by atoms with van der Waals surface area (Å²) in [7, 11) is 0. The fourth-order valence-corrected chi connectivity index (χ4v) is 3.24. The van der Waals surface area contributed by atoms with E-state index in [1.165, 1.54) is 24.1 Å². The zero-order valence-corrected chi connectivity index (χ0v) is 12.1. The summed E-state index contributed by atoms with van der Waals surface area (Å²) in [6, 6.07) is 8.52. The third-order valence-corrected chi connectivity index (χ3v) is 4.32. The number of benzene rings is 1. The first-order chi connectivity index (χ1) is 10.4. The van der Waals surface area contributed by atoms with Crippen molar-refractivity contribution in [1.29, 1.82) is 0 Å². The van der Waals surface area contributed by atoms with E-state index in [0.29, 0.717) is 0 Å². The van der Waals surface area contributed by atoms with Gasteiger partial charge >= 0.3 is 0 Å². The standard InChI is InChI=1S/C16H19N5/c1-2-8-14-13(6-1)7-5-11-21(14)16-18-15(12-17-19-16)20-9-3-4-10-20/h1-2,6,8,12H,3-5,7,9-11H2. The number of hydrogen-bond acceptors (Lipinski definition) is 5. The Morgan fingerprint density at radius 3 is 2.71 bits per heavy atom. The fourth-order valence-electron chi connectivity index (χ4n) is 3.24. The predicted molar refractivity (Wildman–Crippen MR) is 83.0 cm³/mol. The second kappa shape index (κ2) is 5.31. The average molecular weight is 281 g/mol. The Morgan fingerprint density at radius 2 is 1.81 bits per heavy atom. The van der Waals surface area contributed by atoms with E-state index in [2.05, 4.69) is 44.3 Å². The summed E-state index contributed by atoms with van der Waals surface area (Å²) >= 11 is 0. The van der Waals surface area contributed by atoms with Crippen LogP contribution in [0.5, 0.6) is 0 Å². The van der Waals surface area contributed by atoms with Gasteiger partial charge in [-0.3, -0.25) is 0 Å². The van der Waals surface area contributed by atoms with Crippen LogP contribution in [0.3, 0.4) is 0 Å². The molecule has 0 spiro atoms. The lowest BCUT2D eigenvalue weighted by molar-refractivity contribution is 0.738. The predicted octanol–water partition coefficient (Wildman–Crippen LogP) is 2.56. The maximum Gasteiger partial charge on any atom is 0.251 e. The van der Waals surface area contributed by atoms with Gasteiger partial charge in [-0.15, -0.1) is 5.10 Å². The molecule has 21 heavy (non-hydrogen) atoms. The quantitative estimate of drug-likeness (QED) is 0.846. The van der Waals surface area contributed by atoms with E-state index < -0.39 is 0 Å². The Hall–Kier alpha value is -2.17. The highest BCUT2D eigenvalue weighted by Crippen LogP contribution is 2.31. The summed E-state index contributed by atoms with van der Waals surface area (Å²) in [6.45, 7) is 3.12. The first kappa shape index (κ1) is 12.6. The Bertz CT molecular complexity index is 636. The molecule has 3 heterocycles. The molecular weight excluding hydrogens is 262 g/mol. The Kier molecular flexibility index (Phi) is 3.18. The number of hydrogen-bond donors (Lipinski definition) is 0. The number of nitrogens with zero attached hydrogens (tertiary/aromatic N) is 5. The lowest BCUT2D eigenvalue weighted by Gasteiger charge is -2.29. The summed E-state index contributed by atoms with van der Waals surface area (Å²) < 4.78 is 0. The molecule has 0 N–H and O–H groups in total. The number of aryl methyl sites for hydroxylation is 1. The molecule has 0 amide bonds. The first-order valence-corrected chi connectivity index (χ1v) is 7.72. The van der Waals surface area contributed by atoms with Gasteiger partial charge in [0.2, 0.25) is 0 Å². The van der Waals surface area contributed by atoms with E-state index in [-0.39, 0.29) is 0 Å². The summed E-state index contributed by atoms with van der Waals surface area (Å²) in [5.41, 5.74) is 2.60. The minimum Gasteiger partial charge on any atom is -0.355 e. The molecule has 0 atom stereocenters. The van der Waals surface area contributed by atoms with Crippen LogP contribution in [-0.4, -0.2) is 34.8 Å². The molecule has 1 aromatic carbocycles. The van der Waals surface area contributed by atoms with E-state index in [1.54, 1.807) is 6.20 Å². The van der Waals surface area contributed by atoms with Gasteiger partial charge in [0.15, 0.2) is 5.82 Å². The van der Waals surface area contributed by atoms with Crippen LogP contribution < -0.4 is 9.80 Å². The molecule has 2 aliphatic heterocycles. The number of rotatable bonds is 2. The molecule has 2 aliphatic rings. The van der Waals surface area contributed by atoms with Crippen molar-refractivity contribution in [3.63, 3.8) is 0 Å². The summed E-state index contributed by atoms with van der Waals surface area (Å²) in [6.07, 6.45) is 6.53. The smallest absolute Gasteiger partial charge is 0.251 e. The molecule has 4 rings (SSSR count). The minimum absolute atomic E-state index is 0.728. The summed E-state index contributed by atoms with van der Waals surface area (Å²) in [5, 5.41) is 8.45. The van der Waals surface area contributed by atoms with Crippen molar-refractivity contribution < 1.29 is 0 Å². The molecule has 1 aromatic heterocycles. The van der Waals surface area contributed by atoms with Crippen LogP contribution in [0.25, 0.3) is 0 Å². The van der Waals surface area contributed by atoms with E-state index >= 15 is 0 Å². The zero-order valence-electron chi connectivity index (χ0n) is 12.1. The van der Waals surface area contributed by atoms with Crippen molar-refractivity contribution in [3.05, 3.63) is 36.0 Å². The van der Waals surface area contributed by atoms with Gasteiger partial charge in [0.05, 0.1) is 6.20 Å². The number of aromatic nitrogens is 3. The van der Waals surface area contributed by atoms with Gasteiger partial charge in [0.25, 0.3) is 5.95 Å². The maximum atomic E-state index is 4.76. The third-order valence-electron chi connectivity index (χ3n) is 4.32. The van der Waals surface area contributed by atoms with Gasteiger partial charge in [-0.1, -0.05) is 18.2 Å². The molecule has 5 nitrogen and oxygen atoms in total. The Morgan fingerprint density at radius 1 is 0.952 bits per heavy atom. The molecule has 0 unspecified atom stereocenters. The second-order valence-corrected chi connectivity index (χ2v) is 5.69. The molecular formula is C16H19N5. The van der Waals surface area contributed by atoms with Crippen molar-refractivity contribution >= 4 is 17.5 Å². The lowest BCUT2D eigenvalue weighted by atomic mass is 10.0. The van der Waals surface area contributed by atoms with Gasteiger partial charge < -0.3 is 9.80 Å². The monoisotopic (exact) mass is 281 g/mol. The van der Waals surface area contributed by atoms with E-state index in [1.807, 2.05) is 0 Å². The van der Waals surface area contributed by atoms with Crippen molar-refractivity contribution in [1.82, 2.24) is 15.2 Å². The zero-order chi connectivity index (χ0) is 14.1. The molecule has 2 aromatic rings. The van der Waals surface area contributed by atoms with Crippen molar-refractivity contribution in [2.45, 2.75) is 25.7 Å². The van der Waals surface area contributed by atoms with Gasteiger partial charge in [0.1, 0.15) is 0 Å². The number of anilines is 3. The van der Waals surface area contributed by atoms with Gasteiger partial charge in [-0.25, -0.2) is 0 Å². The van der Waals surface area contributed by atoms with E-state index in [4.69, 9.17) is 4.98 Å². The number of para-hydroxylation sites is 1. The van der Waals surface area contributed by atoms with Gasteiger partial charge in [0, 0.05) is 25.3 Å². The van der Waals surface area contributed by atoms with Crippen molar-refractivity contribution in [3.8, 4) is 0 Å². The van der Waals surface area contributed by atoms with Crippen LogP contribution in [-0.2, 0) is 6.42 Å². The SMILES string of the molecule is c1ccc2c(c1)CCCN2c1nncc(N2CCCC2)n1. The highest BCUT2D eigenvalue weighted by Gasteiger charge is 2.22. The third kappa shape index (κ3) is 2.33. The van der Waals surface area contributed by atoms with Crippen LogP contribution in [0.1, 0.15) is 24.8 Å². The van der Waals surface area contributed by atoms with Crippen molar-refractivity contribution in [2.75, 3.05) is 29.4 Å². The van der Waals surface area contributed by atoms with E-state index in [9.17, 15) is 0 Å². The molecule has 108 valence electrons. The molecule has 1 fully saturated rings. The van der Waals surface area contributed by atoms with Crippen LogP contribution in [0.2, 0.25) is 0 Å². The van der Waals surface area contributed by atoms with Gasteiger partial charge in [-0.05, 0) is 37.3 Å². The molecule has 0 radical (unpaired) electrons. The molecule has 1 saturated heterocycles. The molecule has 5 heteroatoms. The molecule has 0 aliphatic carbocycles. The van der Waals surface area contributed by atoms with Crippen LogP contribution in [0, 0.1) is 0 Å². The highest BCUT2D eigenvalue weighted by atomic mass is 15.4. The Balaban J connectivity index is 1.69. The maximum absolute atomic E-state index is 4.76. The van der Waals surface area contributed by atoms with Crippen molar-refractivity contribution in [2.24, 2.45) is 0 Å². The number of fused-ring (bicyclic) bond motifs is 1. The molecule has 0 bridgehead atoms. The lowest BCUT2D eigenvalue weighted by Crippen LogP contribution is -2.28. The first-order valence-electron chi connectivity index (χ1n) is 7.72. The van der Waals surface area contributed by atoms with Crippen LogP contribution >= 0.6 is 0 Å². The minimum atomic E-state index is 0.728. The topological polar surface area (TPSA) is 45.2 Å². The van der Waals surface area contributed by atoms with Gasteiger partial charge in [-0.2, -0.15) is 10.1 Å². The normalized spacial score (nSPS) is 17.9. The second-order valence-electron chi connectivity index (χ2n) is 5.69. The average Bonchev–Trinajstić information content (AvgIpc) is 3.09. The summed E-state index contributed by atoms with van der Waals surface area (Å²) in [4.78, 5) is 9.25. The highest BCUT2D eigenvalue weighted by molar-refractivity contribution is 5.63.